The van der Waals surface area contributed by atoms with Gasteiger partial charge in [0, 0.05) is 17.0 Å². The van der Waals surface area contributed by atoms with E-state index in [-0.39, 0.29) is 5.82 Å². The summed E-state index contributed by atoms with van der Waals surface area (Å²) in [5, 5.41) is 0.927. The molecule has 0 aliphatic heterocycles. The number of hydrogen-bond acceptors (Lipinski definition) is 3. The third-order valence-corrected chi connectivity index (χ3v) is 3.58. The highest BCUT2D eigenvalue weighted by atomic mass is 32.1. The van der Waals surface area contributed by atoms with E-state index in [2.05, 4.69) is 11.9 Å². The summed E-state index contributed by atoms with van der Waals surface area (Å²) in [5.74, 6) is -0.226. The summed E-state index contributed by atoms with van der Waals surface area (Å²) in [6, 6.07) is 6.42. The van der Waals surface area contributed by atoms with E-state index >= 15 is 0 Å². The number of halogens is 1. The molecule has 4 heteroatoms. The molecule has 1 heterocycles. The highest BCUT2D eigenvalue weighted by molar-refractivity contribution is 7.12. The Kier molecular flexibility index (Phi) is 3.31. The van der Waals surface area contributed by atoms with Gasteiger partial charge in [-0.25, -0.2) is 9.37 Å². The van der Waals surface area contributed by atoms with Crippen molar-refractivity contribution in [2.45, 2.75) is 19.9 Å². The Bertz CT molecular complexity index is 476. The van der Waals surface area contributed by atoms with Crippen LogP contribution in [-0.2, 0) is 13.0 Å². The fourth-order valence-electron chi connectivity index (χ4n) is 1.56. The van der Waals surface area contributed by atoms with Gasteiger partial charge < -0.3 is 5.73 Å². The lowest BCUT2D eigenvalue weighted by atomic mass is 10.1. The molecule has 0 aliphatic rings. The summed E-state index contributed by atoms with van der Waals surface area (Å²) >= 11 is 1.63. The SMILES string of the molecule is CCc1sc(CN)nc1-c1ccc(F)cc1. The van der Waals surface area contributed by atoms with Gasteiger partial charge in [-0.1, -0.05) is 6.92 Å². The lowest BCUT2D eigenvalue weighted by Crippen LogP contribution is -1.94. The highest BCUT2D eigenvalue weighted by Gasteiger charge is 2.10. The summed E-state index contributed by atoms with van der Waals surface area (Å²) in [5.41, 5.74) is 7.47. The second kappa shape index (κ2) is 4.72. The standard InChI is InChI=1S/C12H13FN2S/c1-2-10-12(15-11(7-14)16-10)8-3-5-9(13)6-4-8/h3-6H,2,7,14H2,1H3. The van der Waals surface area contributed by atoms with E-state index in [9.17, 15) is 4.39 Å². The van der Waals surface area contributed by atoms with Gasteiger partial charge in [0.05, 0.1) is 5.69 Å². The van der Waals surface area contributed by atoms with E-state index < -0.39 is 0 Å². The molecular formula is C12H13FN2S. The van der Waals surface area contributed by atoms with Crippen molar-refractivity contribution in [2.75, 3.05) is 0 Å². The highest BCUT2D eigenvalue weighted by Crippen LogP contribution is 2.28. The van der Waals surface area contributed by atoms with Gasteiger partial charge in [0.1, 0.15) is 10.8 Å². The van der Waals surface area contributed by atoms with E-state index in [1.54, 1.807) is 23.5 Å². The molecule has 16 heavy (non-hydrogen) atoms. The molecule has 0 saturated heterocycles. The van der Waals surface area contributed by atoms with E-state index in [1.165, 1.54) is 17.0 Å². The first-order chi connectivity index (χ1) is 7.74. The molecule has 0 fully saturated rings. The molecule has 0 unspecified atom stereocenters. The Hall–Kier alpha value is -1.26. The second-order valence-electron chi connectivity index (χ2n) is 3.44. The molecule has 0 saturated carbocycles. The normalized spacial score (nSPS) is 10.7. The number of rotatable bonds is 3. The lowest BCUT2D eigenvalue weighted by molar-refractivity contribution is 0.628. The van der Waals surface area contributed by atoms with Gasteiger partial charge in [-0.05, 0) is 30.7 Å². The Morgan fingerprint density at radius 2 is 2.00 bits per heavy atom. The minimum atomic E-state index is -0.226. The maximum absolute atomic E-state index is 12.8. The number of nitrogens with zero attached hydrogens (tertiary/aromatic N) is 1. The van der Waals surface area contributed by atoms with Crippen molar-refractivity contribution in [1.29, 1.82) is 0 Å². The summed E-state index contributed by atoms with van der Waals surface area (Å²) in [6.45, 7) is 2.54. The van der Waals surface area contributed by atoms with Crippen LogP contribution in [0.1, 0.15) is 16.8 Å². The van der Waals surface area contributed by atoms with Crippen LogP contribution in [-0.4, -0.2) is 4.98 Å². The molecule has 2 N–H and O–H groups in total. The quantitative estimate of drug-likeness (QED) is 0.889. The van der Waals surface area contributed by atoms with Crippen molar-refractivity contribution in [3.63, 3.8) is 0 Å². The molecule has 0 radical (unpaired) electrons. The number of nitrogens with two attached hydrogens (primary N) is 1. The van der Waals surface area contributed by atoms with Gasteiger partial charge in [-0.3, -0.25) is 0 Å². The molecular weight excluding hydrogens is 223 g/mol. The van der Waals surface area contributed by atoms with E-state index in [1.807, 2.05) is 0 Å². The van der Waals surface area contributed by atoms with Crippen LogP contribution in [0.2, 0.25) is 0 Å². The number of thiazole rings is 1. The predicted octanol–water partition coefficient (Wildman–Crippen LogP) is 2.97. The van der Waals surface area contributed by atoms with Crippen LogP contribution in [0, 0.1) is 5.82 Å². The lowest BCUT2D eigenvalue weighted by Gasteiger charge is -1.99. The molecule has 1 aromatic carbocycles. The summed E-state index contributed by atoms with van der Waals surface area (Å²) in [7, 11) is 0. The molecule has 0 amide bonds. The first-order valence-corrected chi connectivity index (χ1v) is 6.00. The Morgan fingerprint density at radius 3 is 2.56 bits per heavy atom. The molecule has 2 aromatic rings. The van der Waals surface area contributed by atoms with Crippen LogP contribution in [0.3, 0.4) is 0 Å². The zero-order valence-electron chi connectivity index (χ0n) is 9.03. The van der Waals surface area contributed by atoms with Gasteiger partial charge in [0.25, 0.3) is 0 Å². The summed E-state index contributed by atoms with van der Waals surface area (Å²) < 4.78 is 12.8. The van der Waals surface area contributed by atoms with Crippen molar-refractivity contribution >= 4 is 11.3 Å². The van der Waals surface area contributed by atoms with Crippen molar-refractivity contribution in [1.82, 2.24) is 4.98 Å². The molecule has 0 aliphatic carbocycles. The van der Waals surface area contributed by atoms with Crippen LogP contribution >= 0.6 is 11.3 Å². The fourth-order valence-corrected chi connectivity index (χ4v) is 2.47. The van der Waals surface area contributed by atoms with E-state index in [0.717, 1.165) is 22.7 Å². The van der Waals surface area contributed by atoms with Gasteiger partial charge in [-0.15, -0.1) is 11.3 Å². The van der Waals surface area contributed by atoms with Crippen molar-refractivity contribution in [3.05, 3.63) is 40.0 Å². The van der Waals surface area contributed by atoms with E-state index in [0.29, 0.717) is 6.54 Å². The molecule has 0 atom stereocenters. The smallest absolute Gasteiger partial charge is 0.123 e. The number of aryl methyl sites for hydroxylation is 1. The number of aromatic nitrogens is 1. The molecule has 2 rings (SSSR count). The topological polar surface area (TPSA) is 38.9 Å². The van der Waals surface area contributed by atoms with Crippen LogP contribution in [0.5, 0.6) is 0 Å². The predicted molar refractivity (Wildman–Crippen MR) is 64.8 cm³/mol. The Balaban J connectivity index is 2.45. The molecule has 2 nitrogen and oxygen atoms in total. The minimum absolute atomic E-state index is 0.226. The van der Waals surface area contributed by atoms with Crippen LogP contribution < -0.4 is 5.73 Å². The van der Waals surface area contributed by atoms with Crippen LogP contribution in [0.25, 0.3) is 11.3 Å². The van der Waals surface area contributed by atoms with Gasteiger partial charge in [0.15, 0.2) is 0 Å². The van der Waals surface area contributed by atoms with Gasteiger partial charge >= 0.3 is 0 Å². The van der Waals surface area contributed by atoms with Crippen LogP contribution in [0.15, 0.2) is 24.3 Å². The van der Waals surface area contributed by atoms with Gasteiger partial charge in [0.2, 0.25) is 0 Å². The minimum Gasteiger partial charge on any atom is -0.325 e. The fraction of sp³-hybridized carbons (Fsp3) is 0.250. The Morgan fingerprint density at radius 1 is 1.31 bits per heavy atom. The Labute approximate surface area is 97.9 Å². The first-order valence-electron chi connectivity index (χ1n) is 5.19. The zero-order valence-corrected chi connectivity index (χ0v) is 9.85. The second-order valence-corrected chi connectivity index (χ2v) is 4.61. The monoisotopic (exact) mass is 236 g/mol. The molecule has 84 valence electrons. The summed E-state index contributed by atoms with van der Waals surface area (Å²) in [6.07, 6.45) is 0.921. The first kappa shape index (κ1) is 11.2. The van der Waals surface area contributed by atoms with Crippen molar-refractivity contribution in [2.24, 2.45) is 5.73 Å². The summed E-state index contributed by atoms with van der Waals surface area (Å²) in [4.78, 5) is 5.67. The third kappa shape index (κ3) is 2.13. The van der Waals surface area contributed by atoms with Crippen molar-refractivity contribution in [3.8, 4) is 11.3 Å². The molecule has 0 spiro atoms. The molecule has 0 bridgehead atoms. The maximum atomic E-state index is 12.8. The van der Waals surface area contributed by atoms with Crippen molar-refractivity contribution < 1.29 is 4.39 Å². The van der Waals surface area contributed by atoms with E-state index in [4.69, 9.17) is 5.73 Å². The van der Waals surface area contributed by atoms with Crippen LogP contribution in [0.4, 0.5) is 4.39 Å². The molecule has 1 aromatic heterocycles. The largest absolute Gasteiger partial charge is 0.325 e. The third-order valence-electron chi connectivity index (χ3n) is 2.36. The number of benzene rings is 1. The maximum Gasteiger partial charge on any atom is 0.123 e. The number of hydrogen-bond donors (Lipinski definition) is 1. The average molecular weight is 236 g/mol. The average Bonchev–Trinajstić information content (AvgIpc) is 2.73. The van der Waals surface area contributed by atoms with Gasteiger partial charge in [-0.2, -0.15) is 0 Å². The zero-order chi connectivity index (χ0) is 11.5.